The van der Waals surface area contributed by atoms with E-state index in [0.29, 0.717) is 29.2 Å². The lowest BCUT2D eigenvalue weighted by Gasteiger charge is -2.32. The number of nitrogens with one attached hydrogen (secondary N) is 1. The smallest absolute Gasteiger partial charge is 0.408 e. The average Bonchev–Trinajstić information content (AvgIpc) is 2.81. The lowest BCUT2D eigenvalue weighted by molar-refractivity contribution is -0.123. The number of fused-ring (bicyclic) bond motifs is 1. The number of rotatable bonds is 4. The van der Waals surface area contributed by atoms with Crippen LogP contribution in [-0.4, -0.2) is 41.1 Å². The molecule has 0 spiro atoms. The number of oxazole rings is 1. The fourth-order valence-corrected chi connectivity index (χ4v) is 3.47. The van der Waals surface area contributed by atoms with E-state index in [1.165, 1.54) is 0 Å². The summed E-state index contributed by atoms with van der Waals surface area (Å²) in [5, 5.41) is 3.47. The maximum atomic E-state index is 12.3. The molecule has 1 amide bonds. The molecular weight excluding hydrogens is 330 g/mol. The number of nitrogens with zero attached hydrogens (tertiary/aromatic N) is 2. The van der Waals surface area contributed by atoms with Crippen LogP contribution in [0.4, 0.5) is 0 Å². The van der Waals surface area contributed by atoms with E-state index < -0.39 is 0 Å². The van der Waals surface area contributed by atoms with Crippen LogP contribution in [-0.2, 0) is 4.79 Å². The molecule has 0 bridgehead atoms. The Balaban J connectivity index is 1.80. The first-order chi connectivity index (χ1) is 11.4. The number of amides is 1. The van der Waals surface area contributed by atoms with Crippen molar-refractivity contribution < 1.29 is 9.21 Å². The Kier molecular flexibility index (Phi) is 4.96. The number of aromatic nitrogens is 1. The average molecular weight is 352 g/mol. The van der Waals surface area contributed by atoms with Gasteiger partial charge in [0.25, 0.3) is 0 Å². The molecular formula is C17H22ClN3O3. The molecule has 2 heterocycles. The van der Waals surface area contributed by atoms with E-state index in [1.54, 1.807) is 22.8 Å². The quantitative estimate of drug-likeness (QED) is 0.918. The highest BCUT2D eigenvalue weighted by molar-refractivity contribution is 6.31. The molecule has 1 fully saturated rings. The Hall–Kier alpha value is -1.79. The van der Waals surface area contributed by atoms with E-state index in [4.69, 9.17) is 16.0 Å². The van der Waals surface area contributed by atoms with Crippen molar-refractivity contribution in [2.24, 2.45) is 0 Å². The molecule has 24 heavy (non-hydrogen) atoms. The Morgan fingerprint density at radius 3 is 3.00 bits per heavy atom. The second-order valence-electron chi connectivity index (χ2n) is 6.60. The topological polar surface area (TPSA) is 67.5 Å². The van der Waals surface area contributed by atoms with Gasteiger partial charge in [0.2, 0.25) is 5.91 Å². The lowest BCUT2D eigenvalue weighted by atomic mass is 10.1. The number of likely N-dealkylation sites (tertiary alicyclic amines) is 1. The van der Waals surface area contributed by atoms with Crippen molar-refractivity contribution in [2.75, 3.05) is 19.6 Å². The first-order valence-electron chi connectivity index (χ1n) is 8.26. The molecule has 0 saturated carbocycles. The maximum absolute atomic E-state index is 12.3. The summed E-state index contributed by atoms with van der Waals surface area (Å²) in [5.41, 5.74) is 1.25. The van der Waals surface area contributed by atoms with Crippen molar-refractivity contribution in [3.05, 3.63) is 33.8 Å². The third-order valence-corrected chi connectivity index (χ3v) is 4.47. The molecule has 1 saturated heterocycles. The highest BCUT2D eigenvalue weighted by atomic mass is 35.5. The molecule has 130 valence electrons. The van der Waals surface area contributed by atoms with Gasteiger partial charge in [0.1, 0.15) is 0 Å². The molecule has 6 nitrogen and oxygen atoms in total. The van der Waals surface area contributed by atoms with E-state index in [2.05, 4.69) is 10.2 Å². The molecule has 0 aliphatic carbocycles. The molecule has 0 radical (unpaired) electrons. The third-order valence-electron chi connectivity index (χ3n) is 4.24. The molecule has 1 aliphatic heterocycles. The minimum absolute atomic E-state index is 0.0121. The number of hydrogen-bond acceptors (Lipinski definition) is 4. The van der Waals surface area contributed by atoms with Crippen LogP contribution in [0.1, 0.15) is 32.7 Å². The summed E-state index contributed by atoms with van der Waals surface area (Å²) in [6.45, 7) is 5.73. The summed E-state index contributed by atoms with van der Waals surface area (Å²) in [7, 11) is 0. The van der Waals surface area contributed by atoms with Crippen molar-refractivity contribution in [3.8, 4) is 0 Å². The lowest BCUT2D eigenvalue weighted by Crippen LogP contribution is -2.45. The fourth-order valence-electron chi connectivity index (χ4n) is 3.31. The van der Waals surface area contributed by atoms with Crippen LogP contribution >= 0.6 is 11.6 Å². The van der Waals surface area contributed by atoms with Crippen LogP contribution in [0.2, 0.25) is 5.02 Å². The van der Waals surface area contributed by atoms with E-state index in [9.17, 15) is 9.59 Å². The second kappa shape index (κ2) is 6.99. The molecule has 1 aromatic carbocycles. The Bertz CT molecular complexity index is 796. The van der Waals surface area contributed by atoms with Gasteiger partial charge in [-0.2, -0.15) is 0 Å². The van der Waals surface area contributed by atoms with Gasteiger partial charge in [0.15, 0.2) is 5.58 Å². The molecule has 3 rings (SSSR count). The predicted molar refractivity (Wildman–Crippen MR) is 93.5 cm³/mol. The SMILES string of the molecule is CC(C)NC(=O)CN1CCC[C@@H](n2c(=O)oc3ccc(Cl)cc32)C1. The van der Waals surface area contributed by atoms with Crippen molar-refractivity contribution in [3.63, 3.8) is 0 Å². The van der Waals surface area contributed by atoms with Crippen molar-refractivity contribution in [2.45, 2.75) is 38.8 Å². The summed E-state index contributed by atoms with van der Waals surface area (Å²) in [6, 6.07) is 5.29. The summed E-state index contributed by atoms with van der Waals surface area (Å²) in [5.74, 6) is -0.358. The number of benzene rings is 1. The molecule has 7 heteroatoms. The first-order valence-corrected chi connectivity index (χ1v) is 8.64. The zero-order valence-corrected chi connectivity index (χ0v) is 14.7. The predicted octanol–water partition coefficient (Wildman–Crippen LogP) is 2.41. The number of carbonyl (C=O) groups is 1. The van der Waals surface area contributed by atoms with Crippen LogP contribution in [0.3, 0.4) is 0 Å². The minimum Gasteiger partial charge on any atom is -0.408 e. The fraction of sp³-hybridized carbons (Fsp3) is 0.529. The van der Waals surface area contributed by atoms with E-state index >= 15 is 0 Å². The molecule has 0 unspecified atom stereocenters. The second-order valence-corrected chi connectivity index (χ2v) is 7.04. The van der Waals surface area contributed by atoms with Gasteiger partial charge < -0.3 is 9.73 Å². The van der Waals surface area contributed by atoms with Crippen LogP contribution < -0.4 is 11.1 Å². The van der Waals surface area contributed by atoms with Gasteiger partial charge in [-0.1, -0.05) is 11.6 Å². The highest BCUT2D eigenvalue weighted by Crippen LogP contribution is 2.26. The van der Waals surface area contributed by atoms with Gasteiger partial charge >= 0.3 is 5.76 Å². The zero-order valence-electron chi connectivity index (χ0n) is 13.9. The van der Waals surface area contributed by atoms with Crippen LogP contribution in [0.5, 0.6) is 0 Å². The van der Waals surface area contributed by atoms with Crippen molar-refractivity contribution in [1.29, 1.82) is 0 Å². The van der Waals surface area contributed by atoms with Gasteiger partial charge in [0, 0.05) is 17.6 Å². The Morgan fingerprint density at radius 1 is 1.46 bits per heavy atom. The third kappa shape index (κ3) is 3.65. The Labute approximate surface area is 145 Å². The van der Waals surface area contributed by atoms with E-state index in [0.717, 1.165) is 19.4 Å². The van der Waals surface area contributed by atoms with Gasteiger partial charge in [-0.15, -0.1) is 0 Å². The van der Waals surface area contributed by atoms with Crippen molar-refractivity contribution in [1.82, 2.24) is 14.8 Å². The summed E-state index contributed by atoms with van der Waals surface area (Å²) >= 11 is 6.06. The van der Waals surface area contributed by atoms with Gasteiger partial charge in [0.05, 0.1) is 18.1 Å². The largest absolute Gasteiger partial charge is 0.420 e. The maximum Gasteiger partial charge on any atom is 0.420 e. The number of carbonyl (C=O) groups excluding carboxylic acids is 1. The standard InChI is InChI=1S/C17H22ClN3O3/c1-11(2)19-16(22)10-20-7-3-4-13(9-20)21-14-8-12(18)5-6-15(14)24-17(21)23/h5-6,8,11,13H,3-4,7,9-10H2,1-2H3,(H,19,22)/t13-/m1/s1. The van der Waals surface area contributed by atoms with Crippen LogP contribution in [0.25, 0.3) is 11.1 Å². The molecule has 1 atom stereocenters. The molecule has 1 aromatic heterocycles. The van der Waals surface area contributed by atoms with Gasteiger partial charge in [-0.25, -0.2) is 4.79 Å². The number of piperidine rings is 1. The van der Waals surface area contributed by atoms with E-state index in [1.807, 2.05) is 13.8 Å². The normalized spacial score (nSPS) is 19.1. The Morgan fingerprint density at radius 2 is 2.25 bits per heavy atom. The number of hydrogen-bond donors (Lipinski definition) is 1. The number of halogens is 1. The highest BCUT2D eigenvalue weighted by Gasteiger charge is 2.26. The van der Waals surface area contributed by atoms with E-state index in [-0.39, 0.29) is 23.7 Å². The monoisotopic (exact) mass is 351 g/mol. The van der Waals surface area contributed by atoms with Crippen molar-refractivity contribution >= 4 is 28.6 Å². The first kappa shape index (κ1) is 17.0. The summed E-state index contributed by atoms with van der Waals surface area (Å²) in [4.78, 5) is 26.3. The van der Waals surface area contributed by atoms with Gasteiger partial charge in [-0.05, 0) is 51.4 Å². The summed E-state index contributed by atoms with van der Waals surface area (Å²) in [6.07, 6.45) is 1.81. The molecule has 2 aromatic rings. The van der Waals surface area contributed by atoms with Gasteiger partial charge in [-0.3, -0.25) is 14.3 Å². The minimum atomic E-state index is -0.370. The molecule has 1 N–H and O–H groups in total. The van der Waals surface area contributed by atoms with Crippen LogP contribution in [0, 0.1) is 0 Å². The van der Waals surface area contributed by atoms with Crippen LogP contribution in [0.15, 0.2) is 27.4 Å². The summed E-state index contributed by atoms with van der Waals surface area (Å²) < 4.78 is 7.00. The molecule has 1 aliphatic rings. The zero-order chi connectivity index (χ0) is 17.3.